The van der Waals surface area contributed by atoms with Crippen LogP contribution in [0.25, 0.3) is 0 Å². The van der Waals surface area contributed by atoms with Crippen LogP contribution < -0.4 is 10.7 Å². The van der Waals surface area contributed by atoms with Crippen LogP contribution in [-0.2, 0) is 0 Å². The number of amides is 1. The molecule has 10 heavy (non-hydrogen) atoms. The number of nitrogens with zero attached hydrogens (tertiary/aromatic N) is 1. The fraction of sp³-hybridized carbons (Fsp3) is 0.600. The van der Waals surface area contributed by atoms with E-state index in [0.29, 0.717) is 0 Å². The Morgan fingerprint density at radius 3 is 2.80 bits per heavy atom. The quantitative estimate of drug-likeness (QED) is 0.382. The van der Waals surface area contributed by atoms with Gasteiger partial charge in [-0.05, 0) is 6.92 Å². The van der Waals surface area contributed by atoms with Crippen molar-refractivity contribution < 1.29 is 9.90 Å². The number of carboxylic acid groups (broad SMARTS) is 1. The largest absolute Gasteiger partial charge is 0.465 e. The summed E-state index contributed by atoms with van der Waals surface area (Å²) in [7, 11) is 1.64. The van der Waals surface area contributed by atoms with Crippen molar-refractivity contribution in [3.8, 4) is 0 Å². The van der Waals surface area contributed by atoms with Gasteiger partial charge in [0.25, 0.3) is 0 Å². The second-order valence-electron chi connectivity index (χ2n) is 1.74. The van der Waals surface area contributed by atoms with Crippen molar-refractivity contribution in [3.63, 3.8) is 0 Å². The lowest BCUT2D eigenvalue weighted by molar-refractivity contribution is 0.193. The number of nitrogens with one attached hydrogen (secondary N) is 2. The maximum atomic E-state index is 9.98. The molecule has 0 spiro atoms. The average molecular weight is 145 g/mol. The van der Waals surface area contributed by atoms with E-state index in [2.05, 4.69) is 15.8 Å². The zero-order chi connectivity index (χ0) is 7.98. The molecule has 0 aliphatic carbocycles. The van der Waals surface area contributed by atoms with Crippen molar-refractivity contribution in [2.75, 3.05) is 7.05 Å². The van der Waals surface area contributed by atoms with E-state index in [4.69, 9.17) is 5.11 Å². The number of hydrogen-bond donors (Lipinski definition) is 3. The van der Waals surface area contributed by atoms with Gasteiger partial charge in [0.15, 0.2) is 0 Å². The van der Waals surface area contributed by atoms with Crippen LogP contribution in [0.2, 0.25) is 0 Å². The lowest BCUT2D eigenvalue weighted by atomic mass is 10.4. The van der Waals surface area contributed by atoms with E-state index in [1.807, 2.05) is 0 Å². The molecular formula is C5H11N3O2. The summed E-state index contributed by atoms with van der Waals surface area (Å²) in [5.41, 5.74) is 2.51. The first-order valence-corrected chi connectivity index (χ1v) is 2.86. The minimum absolute atomic E-state index is 0.259. The van der Waals surface area contributed by atoms with E-state index in [1.54, 1.807) is 14.0 Å². The summed E-state index contributed by atoms with van der Waals surface area (Å²) in [5.74, 6) is 0. The predicted molar refractivity (Wildman–Crippen MR) is 38.2 cm³/mol. The van der Waals surface area contributed by atoms with E-state index >= 15 is 0 Å². The lowest BCUT2D eigenvalue weighted by Gasteiger charge is -2.02. The Morgan fingerprint density at radius 1 is 1.80 bits per heavy atom. The molecule has 0 heterocycles. The van der Waals surface area contributed by atoms with Crippen LogP contribution in [-0.4, -0.2) is 30.5 Å². The fourth-order valence-electron chi connectivity index (χ4n) is 0.418. The summed E-state index contributed by atoms with van der Waals surface area (Å²) >= 11 is 0. The van der Waals surface area contributed by atoms with Gasteiger partial charge < -0.3 is 15.8 Å². The highest BCUT2D eigenvalue weighted by atomic mass is 16.4. The maximum absolute atomic E-state index is 9.98. The van der Waals surface area contributed by atoms with Crippen molar-refractivity contribution in [1.82, 2.24) is 10.7 Å². The number of hydrogen-bond acceptors (Lipinski definition) is 3. The second kappa shape index (κ2) is 4.60. The normalized spacial score (nSPS) is 13.0. The first kappa shape index (κ1) is 8.74. The third-order valence-corrected chi connectivity index (χ3v) is 0.778. The Bertz CT molecular complexity index is 135. The molecule has 0 aromatic carbocycles. The van der Waals surface area contributed by atoms with E-state index in [0.717, 1.165) is 0 Å². The Balaban J connectivity index is 3.52. The Kier molecular flexibility index (Phi) is 4.02. The molecule has 0 rings (SSSR count). The highest BCUT2D eigenvalue weighted by molar-refractivity contribution is 5.73. The summed E-state index contributed by atoms with van der Waals surface area (Å²) < 4.78 is 0. The van der Waals surface area contributed by atoms with E-state index < -0.39 is 6.09 Å². The molecule has 0 saturated heterocycles. The summed E-state index contributed by atoms with van der Waals surface area (Å²) in [6, 6.07) is -0.259. The molecule has 58 valence electrons. The maximum Gasteiger partial charge on any atom is 0.405 e. The van der Waals surface area contributed by atoms with Crippen LogP contribution in [0.5, 0.6) is 0 Å². The molecular weight excluding hydrogens is 134 g/mol. The zero-order valence-electron chi connectivity index (χ0n) is 5.96. The minimum atomic E-state index is -1.05. The zero-order valence-corrected chi connectivity index (χ0v) is 5.96. The summed E-state index contributed by atoms with van der Waals surface area (Å²) in [4.78, 5) is 9.98. The van der Waals surface area contributed by atoms with E-state index in [9.17, 15) is 4.79 Å². The molecule has 0 aliphatic rings. The molecule has 0 aliphatic heterocycles. The molecule has 0 fully saturated rings. The van der Waals surface area contributed by atoms with Crippen molar-refractivity contribution >= 4 is 12.3 Å². The molecule has 5 heteroatoms. The van der Waals surface area contributed by atoms with Gasteiger partial charge in [0, 0.05) is 13.3 Å². The number of carbonyl (C=O) groups is 1. The summed E-state index contributed by atoms with van der Waals surface area (Å²) in [6.45, 7) is 1.69. The Labute approximate surface area is 59.1 Å². The fourth-order valence-corrected chi connectivity index (χ4v) is 0.418. The van der Waals surface area contributed by atoms with Gasteiger partial charge in [-0.25, -0.2) is 4.79 Å². The molecule has 0 aromatic rings. The molecule has 1 amide bonds. The predicted octanol–water partition coefficient (Wildman–Crippen LogP) is -0.152. The highest BCUT2D eigenvalue weighted by Gasteiger charge is 1.99. The van der Waals surface area contributed by atoms with Crippen LogP contribution >= 0.6 is 0 Å². The van der Waals surface area contributed by atoms with Crippen molar-refractivity contribution in [2.24, 2.45) is 5.10 Å². The van der Waals surface area contributed by atoms with Crippen LogP contribution in [0.15, 0.2) is 5.10 Å². The third kappa shape index (κ3) is 4.89. The minimum Gasteiger partial charge on any atom is -0.465 e. The topological polar surface area (TPSA) is 73.7 Å². The molecule has 3 N–H and O–H groups in total. The Hall–Kier alpha value is -1.26. The van der Waals surface area contributed by atoms with Crippen LogP contribution in [0.3, 0.4) is 0 Å². The van der Waals surface area contributed by atoms with Gasteiger partial charge in [-0.2, -0.15) is 5.10 Å². The molecule has 1 atom stereocenters. The van der Waals surface area contributed by atoms with Crippen LogP contribution in [0.1, 0.15) is 6.92 Å². The Morgan fingerprint density at radius 2 is 2.40 bits per heavy atom. The lowest BCUT2D eigenvalue weighted by Crippen LogP contribution is -2.32. The molecule has 0 bridgehead atoms. The number of hydrazone groups is 1. The molecule has 0 radical (unpaired) electrons. The molecule has 0 aromatic heterocycles. The van der Waals surface area contributed by atoms with Gasteiger partial charge in [0.05, 0.1) is 6.04 Å². The summed E-state index contributed by atoms with van der Waals surface area (Å²) in [5, 5.41) is 14.0. The second-order valence-corrected chi connectivity index (χ2v) is 1.74. The van der Waals surface area contributed by atoms with E-state index in [1.165, 1.54) is 6.21 Å². The van der Waals surface area contributed by atoms with Crippen molar-refractivity contribution in [2.45, 2.75) is 13.0 Å². The molecule has 5 nitrogen and oxygen atoms in total. The van der Waals surface area contributed by atoms with Crippen LogP contribution in [0.4, 0.5) is 4.79 Å². The summed E-state index contributed by atoms with van der Waals surface area (Å²) in [6.07, 6.45) is 0.420. The van der Waals surface area contributed by atoms with Gasteiger partial charge in [-0.15, -0.1) is 0 Å². The monoisotopic (exact) mass is 145 g/mol. The van der Waals surface area contributed by atoms with Gasteiger partial charge in [0.1, 0.15) is 0 Å². The third-order valence-electron chi connectivity index (χ3n) is 0.778. The van der Waals surface area contributed by atoms with Crippen molar-refractivity contribution in [1.29, 1.82) is 0 Å². The van der Waals surface area contributed by atoms with Gasteiger partial charge in [-0.1, -0.05) is 0 Å². The standard InChI is InChI=1S/C5H11N3O2/c1-4(3-7-6-2)8-5(9)10/h3-4,6,8H,1-2H3,(H,9,10). The smallest absolute Gasteiger partial charge is 0.405 e. The van der Waals surface area contributed by atoms with Gasteiger partial charge in [-0.3, -0.25) is 0 Å². The number of rotatable bonds is 3. The first-order valence-electron chi connectivity index (χ1n) is 2.86. The molecule has 0 saturated carbocycles. The molecule has 1 unspecified atom stereocenters. The van der Waals surface area contributed by atoms with Gasteiger partial charge in [0.2, 0.25) is 0 Å². The average Bonchev–Trinajstić information content (AvgIpc) is 1.82. The first-order chi connectivity index (χ1) is 4.66. The van der Waals surface area contributed by atoms with Crippen molar-refractivity contribution in [3.05, 3.63) is 0 Å². The SMILES string of the molecule is CNN=CC(C)NC(=O)O. The highest BCUT2D eigenvalue weighted by Crippen LogP contribution is 1.74. The van der Waals surface area contributed by atoms with Crippen LogP contribution in [0, 0.1) is 0 Å². The van der Waals surface area contributed by atoms with Gasteiger partial charge >= 0.3 is 6.09 Å². The van der Waals surface area contributed by atoms with E-state index in [-0.39, 0.29) is 6.04 Å².